The Morgan fingerprint density at radius 1 is 1.16 bits per heavy atom. The maximum Gasteiger partial charge on any atom is 0.139 e. The van der Waals surface area contributed by atoms with Crippen molar-refractivity contribution in [3.8, 4) is 0 Å². The van der Waals surface area contributed by atoms with Gasteiger partial charge in [-0.1, -0.05) is 32.9 Å². The summed E-state index contributed by atoms with van der Waals surface area (Å²) >= 11 is 0. The molecule has 0 saturated heterocycles. The van der Waals surface area contributed by atoms with E-state index in [0.717, 1.165) is 23.5 Å². The number of nitrogens with one attached hydrogen (secondary N) is 1. The fourth-order valence-corrected chi connectivity index (χ4v) is 1.97. The van der Waals surface area contributed by atoms with Crippen molar-refractivity contribution in [3.63, 3.8) is 0 Å². The number of anilines is 3. The molecule has 0 aliphatic rings. The first-order valence-electron chi connectivity index (χ1n) is 6.58. The molecule has 1 aromatic heterocycles. The topological polar surface area (TPSA) is 63.8 Å². The van der Waals surface area contributed by atoms with Crippen LogP contribution in [0.25, 0.3) is 0 Å². The van der Waals surface area contributed by atoms with Gasteiger partial charge in [-0.05, 0) is 30.0 Å². The Morgan fingerprint density at radius 3 is 2.42 bits per heavy atom. The fourth-order valence-electron chi connectivity index (χ4n) is 1.97. The average Bonchev–Trinajstić information content (AvgIpc) is 2.39. The van der Waals surface area contributed by atoms with E-state index in [1.165, 1.54) is 11.9 Å². The molecule has 0 aliphatic heterocycles. The van der Waals surface area contributed by atoms with Crippen LogP contribution in [-0.4, -0.2) is 9.97 Å². The maximum absolute atomic E-state index is 5.86. The number of nitrogens with two attached hydrogens (primary N) is 1. The summed E-state index contributed by atoms with van der Waals surface area (Å²) in [4.78, 5) is 8.28. The van der Waals surface area contributed by atoms with Crippen LogP contribution in [0.3, 0.4) is 0 Å². The number of hydrogen-bond acceptors (Lipinski definition) is 4. The van der Waals surface area contributed by atoms with Crippen LogP contribution in [0.4, 0.5) is 17.3 Å². The number of nitrogen functional groups attached to an aromatic ring is 1. The van der Waals surface area contributed by atoms with E-state index < -0.39 is 0 Å². The van der Waals surface area contributed by atoms with E-state index >= 15 is 0 Å². The first kappa shape index (κ1) is 13.3. The van der Waals surface area contributed by atoms with E-state index in [-0.39, 0.29) is 0 Å². The Bertz CT molecular complexity index is 547. The third-order valence-corrected chi connectivity index (χ3v) is 3.17. The number of benzene rings is 1. The van der Waals surface area contributed by atoms with Crippen LogP contribution < -0.4 is 11.1 Å². The molecule has 0 saturated carbocycles. The lowest BCUT2D eigenvalue weighted by Crippen LogP contribution is -2.04. The van der Waals surface area contributed by atoms with Gasteiger partial charge in [-0.3, -0.25) is 0 Å². The Balaban J connectivity index is 2.24. The standard InChI is InChI=1S/C15H20N4/c1-4-13-14(16)17-9-18-15(13)19-12-7-5-11(6-8-12)10(2)3/h5-10H,4H2,1-3H3,(H3,16,17,18,19). The van der Waals surface area contributed by atoms with Gasteiger partial charge in [0.25, 0.3) is 0 Å². The van der Waals surface area contributed by atoms with Crippen molar-refractivity contribution < 1.29 is 0 Å². The van der Waals surface area contributed by atoms with Crippen molar-refractivity contribution in [3.05, 3.63) is 41.7 Å². The predicted octanol–water partition coefficient (Wildman–Crippen LogP) is 3.49. The summed E-state index contributed by atoms with van der Waals surface area (Å²) in [5, 5.41) is 3.30. The minimum absolute atomic E-state index is 0.537. The Labute approximate surface area is 114 Å². The van der Waals surface area contributed by atoms with Crippen molar-refractivity contribution in [2.24, 2.45) is 0 Å². The third kappa shape index (κ3) is 3.02. The van der Waals surface area contributed by atoms with Gasteiger partial charge in [0.05, 0.1) is 0 Å². The average molecular weight is 256 g/mol. The fraction of sp³-hybridized carbons (Fsp3) is 0.333. The van der Waals surface area contributed by atoms with Crippen molar-refractivity contribution in [2.75, 3.05) is 11.1 Å². The molecule has 0 radical (unpaired) electrons. The van der Waals surface area contributed by atoms with Gasteiger partial charge in [0.2, 0.25) is 0 Å². The number of aromatic nitrogens is 2. The van der Waals surface area contributed by atoms with Gasteiger partial charge in [0, 0.05) is 11.3 Å². The van der Waals surface area contributed by atoms with Crippen LogP contribution in [0, 0.1) is 0 Å². The summed E-state index contributed by atoms with van der Waals surface area (Å²) in [7, 11) is 0. The number of rotatable bonds is 4. The maximum atomic E-state index is 5.86. The van der Waals surface area contributed by atoms with Gasteiger partial charge in [-0.2, -0.15) is 0 Å². The van der Waals surface area contributed by atoms with Crippen molar-refractivity contribution in [2.45, 2.75) is 33.1 Å². The molecular formula is C15H20N4. The van der Waals surface area contributed by atoms with Gasteiger partial charge >= 0.3 is 0 Å². The molecule has 0 atom stereocenters. The second-order valence-corrected chi connectivity index (χ2v) is 4.84. The van der Waals surface area contributed by atoms with E-state index in [9.17, 15) is 0 Å². The second kappa shape index (κ2) is 5.69. The van der Waals surface area contributed by atoms with Gasteiger partial charge < -0.3 is 11.1 Å². The van der Waals surface area contributed by atoms with E-state index in [0.29, 0.717) is 11.7 Å². The van der Waals surface area contributed by atoms with Crippen molar-refractivity contribution >= 4 is 17.3 Å². The molecule has 100 valence electrons. The molecule has 0 fully saturated rings. The summed E-state index contributed by atoms with van der Waals surface area (Å²) in [6.45, 7) is 6.41. The molecule has 4 heteroatoms. The van der Waals surface area contributed by atoms with E-state index in [2.05, 4.69) is 53.4 Å². The predicted molar refractivity (Wildman–Crippen MR) is 79.6 cm³/mol. The molecule has 0 aliphatic carbocycles. The smallest absolute Gasteiger partial charge is 0.139 e. The molecular weight excluding hydrogens is 236 g/mol. The molecule has 1 heterocycles. The molecule has 3 N–H and O–H groups in total. The van der Waals surface area contributed by atoms with E-state index in [4.69, 9.17) is 5.73 Å². The van der Waals surface area contributed by atoms with Gasteiger partial charge in [-0.25, -0.2) is 9.97 Å². The van der Waals surface area contributed by atoms with E-state index in [1.54, 1.807) is 0 Å². The Kier molecular flexibility index (Phi) is 4.00. The lowest BCUT2D eigenvalue weighted by atomic mass is 10.0. The minimum atomic E-state index is 0.537. The molecule has 2 aromatic rings. The normalized spacial score (nSPS) is 10.7. The molecule has 19 heavy (non-hydrogen) atoms. The van der Waals surface area contributed by atoms with Crippen LogP contribution in [0.15, 0.2) is 30.6 Å². The minimum Gasteiger partial charge on any atom is -0.383 e. The zero-order chi connectivity index (χ0) is 13.8. The highest BCUT2D eigenvalue weighted by Crippen LogP contribution is 2.23. The lowest BCUT2D eigenvalue weighted by Gasteiger charge is -2.12. The zero-order valence-corrected chi connectivity index (χ0v) is 11.6. The summed E-state index contributed by atoms with van der Waals surface area (Å²) in [5.74, 6) is 1.86. The van der Waals surface area contributed by atoms with Crippen LogP contribution >= 0.6 is 0 Å². The highest BCUT2D eigenvalue weighted by Gasteiger charge is 2.07. The van der Waals surface area contributed by atoms with Crippen molar-refractivity contribution in [1.29, 1.82) is 0 Å². The highest BCUT2D eigenvalue weighted by molar-refractivity contribution is 5.63. The van der Waals surface area contributed by atoms with Crippen LogP contribution in [0.5, 0.6) is 0 Å². The van der Waals surface area contributed by atoms with Crippen LogP contribution in [0.2, 0.25) is 0 Å². The quantitative estimate of drug-likeness (QED) is 0.879. The molecule has 0 unspecified atom stereocenters. The molecule has 2 rings (SSSR count). The summed E-state index contributed by atoms with van der Waals surface area (Å²) in [6, 6.07) is 8.38. The van der Waals surface area contributed by atoms with Crippen LogP contribution in [0.1, 0.15) is 37.8 Å². The molecule has 0 bridgehead atoms. The summed E-state index contributed by atoms with van der Waals surface area (Å²) in [6.07, 6.45) is 2.29. The first-order valence-corrected chi connectivity index (χ1v) is 6.58. The van der Waals surface area contributed by atoms with Crippen LogP contribution in [-0.2, 0) is 6.42 Å². The molecule has 0 amide bonds. The monoisotopic (exact) mass is 256 g/mol. The SMILES string of the molecule is CCc1c(N)ncnc1Nc1ccc(C(C)C)cc1. The van der Waals surface area contributed by atoms with Crippen molar-refractivity contribution in [1.82, 2.24) is 9.97 Å². The first-order chi connectivity index (χ1) is 9.11. The molecule has 0 spiro atoms. The largest absolute Gasteiger partial charge is 0.383 e. The Hall–Kier alpha value is -2.10. The second-order valence-electron chi connectivity index (χ2n) is 4.84. The number of nitrogens with zero attached hydrogens (tertiary/aromatic N) is 2. The van der Waals surface area contributed by atoms with Gasteiger partial charge in [0.15, 0.2) is 0 Å². The zero-order valence-electron chi connectivity index (χ0n) is 11.6. The van der Waals surface area contributed by atoms with Gasteiger partial charge in [-0.15, -0.1) is 0 Å². The van der Waals surface area contributed by atoms with E-state index in [1.807, 2.05) is 6.92 Å². The third-order valence-electron chi connectivity index (χ3n) is 3.17. The number of hydrogen-bond donors (Lipinski definition) is 2. The lowest BCUT2D eigenvalue weighted by molar-refractivity contribution is 0.867. The summed E-state index contributed by atoms with van der Waals surface area (Å²) < 4.78 is 0. The van der Waals surface area contributed by atoms with Gasteiger partial charge in [0.1, 0.15) is 18.0 Å². The molecule has 1 aromatic carbocycles. The molecule has 4 nitrogen and oxygen atoms in total. The summed E-state index contributed by atoms with van der Waals surface area (Å²) in [5.41, 5.74) is 9.15. The highest BCUT2D eigenvalue weighted by atomic mass is 15.0. The Morgan fingerprint density at radius 2 is 1.84 bits per heavy atom.